The molecule has 66 valence electrons. The molecular formula is C9H9N3O. The average molecular weight is 175 g/mol. The smallest absolute Gasteiger partial charge is 0.191 e. The van der Waals surface area contributed by atoms with Crippen molar-refractivity contribution in [2.24, 2.45) is 0 Å². The summed E-state index contributed by atoms with van der Waals surface area (Å²) in [6.07, 6.45) is 3.29. The quantitative estimate of drug-likeness (QED) is 0.715. The first-order valence-corrected chi connectivity index (χ1v) is 3.90. The molecule has 0 radical (unpaired) electrons. The van der Waals surface area contributed by atoms with Crippen LogP contribution in [0.2, 0.25) is 0 Å². The summed E-state index contributed by atoms with van der Waals surface area (Å²) in [5, 5.41) is 0. The van der Waals surface area contributed by atoms with E-state index in [2.05, 4.69) is 9.97 Å². The highest BCUT2D eigenvalue weighted by atomic mass is 16.4. The van der Waals surface area contributed by atoms with Crippen LogP contribution in [0.4, 0.5) is 5.69 Å². The number of hydrogen-bond acceptors (Lipinski definition) is 4. The van der Waals surface area contributed by atoms with E-state index in [-0.39, 0.29) is 0 Å². The molecule has 0 unspecified atom stereocenters. The van der Waals surface area contributed by atoms with E-state index in [9.17, 15) is 0 Å². The minimum Gasteiger partial charge on any atom is -0.439 e. The number of oxazole rings is 1. The number of nitrogen functional groups attached to an aromatic ring is 1. The Morgan fingerprint density at radius 2 is 2.23 bits per heavy atom. The zero-order valence-electron chi connectivity index (χ0n) is 7.19. The Morgan fingerprint density at radius 1 is 1.38 bits per heavy atom. The van der Waals surface area contributed by atoms with Crippen molar-refractivity contribution in [2.45, 2.75) is 6.92 Å². The second-order valence-electron chi connectivity index (χ2n) is 2.68. The van der Waals surface area contributed by atoms with Crippen LogP contribution < -0.4 is 5.73 Å². The molecule has 0 saturated carbocycles. The maximum absolute atomic E-state index is 5.71. The van der Waals surface area contributed by atoms with Crippen molar-refractivity contribution in [1.29, 1.82) is 0 Å². The topological polar surface area (TPSA) is 64.9 Å². The lowest BCUT2D eigenvalue weighted by atomic mass is 10.2. The molecule has 0 aliphatic heterocycles. The highest BCUT2D eigenvalue weighted by Crippen LogP contribution is 2.22. The van der Waals surface area contributed by atoms with E-state index in [1.54, 1.807) is 31.5 Å². The molecule has 0 aromatic carbocycles. The molecule has 2 N–H and O–H groups in total. The van der Waals surface area contributed by atoms with E-state index in [0.29, 0.717) is 23.0 Å². The summed E-state index contributed by atoms with van der Waals surface area (Å²) in [6, 6.07) is 3.56. The molecule has 0 bridgehead atoms. The Balaban J connectivity index is 2.52. The fourth-order valence-corrected chi connectivity index (χ4v) is 1.09. The van der Waals surface area contributed by atoms with Gasteiger partial charge in [-0.05, 0) is 12.1 Å². The van der Waals surface area contributed by atoms with Gasteiger partial charge in [0.15, 0.2) is 11.7 Å². The van der Waals surface area contributed by atoms with Gasteiger partial charge in [-0.2, -0.15) is 0 Å². The van der Waals surface area contributed by atoms with E-state index >= 15 is 0 Å². The minimum atomic E-state index is 0.596. The van der Waals surface area contributed by atoms with E-state index < -0.39 is 0 Å². The van der Waals surface area contributed by atoms with Gasteiger partial charge in [-0.25, -0.2) is 4.98 Å². The summed E-state index contributed by atoms with van der Waals surface area (Å²) in [6.45, 7) is 1.78. The normalized spacial score (nSPS) is 10.2. The number of pyridine rings is 1. The summed E-state index contributed by atoms with van der Waals surface area (Å²) >= 11 is 0. The average Bonchev–Trinajstić information content (AvgIpc) is 2.53. The third kappa shape index (κ3) is 1.38. The van der Waals surface area contributed by atoms with Gasteiger partial charge in [0.25, 0.3) is 0 Å². The Kier molecular flexibility index (Phi) is 1.73. The van der Waals surface area contributed by atoms with Crippen LogP contribution in [0.3, 0.4) is 0 Å². The van der Waals surface area contributed by atoms with Crippen LogP contribution in [0.1, 0.15) is 5.89 Å². The Labute approximate surface area is 75.4 Å². The summed E-state index contributed by atoms with van der Waals surface area (Å²) in [5.41, 5.74) is 6.95. The molecule has 0 amide bonds. The molecule has 2 aromatic heterocycles. The minimum absolute atomic E-state index is 0.596. The fraction of sp³-hybridized carbons (Fsp3) is 0.111. The van der Waals surface area contributed by atoms with Gasteiger partial charge in [0.2, 0.25) is 0 Å². The van der Waals surface area contributed by atoms with Crippen molar-refractivity contribution in [3.05, 3.63) is 30.4 Å². The van der Waals surface area contributed by atoms with Gasteiger partial charge in [0.05, 0.1) is 11.9 Å². The van der Waals surface area contributed by atoms with Crippen LogP contribution in [0.25, 0.3) is 11.5 Å². The monoisotopic (exact) mass is 175 g/mol. The lowest BCUT2D eigenvalue weighted by Gasteiger charge is -1.98. The molecule has 0 spiro atoms. The van der Waals surface area contributed by atoms with Crippen molar-refractivity contribution in [3.63, 3.8) is 0 Å². The molecule has 2 aromatic rings. The lowest BCUT2D eigenvalue weighted by molar-refractivity contribution is 0.533. The number of hydrogen-bond donors (Lipinski definition) is 1. The summed E-state index contributed by atoms with van der Waals surface area (Å²) < 4.78 is 5.30. The van der Waals surface area contributed by atoms with Crippen LogP contribution >= 0.6 is 0 Å². The van der Waals surface area contributed by atoms with Crippen molar-refractivity contribution < 1.29 is 4.42 Å². The number of anilines is 1. The van der Waals surface area contributed by atoms with Gasteiger partial charge in [-0.1, -0.05) is 0 Å². The second-order valence-corrected chi connectivity index (χ2v) is 2.68. The summed E-state index contributed by atoms with van der Waals surface area (Å²) in [7, 11) is 0. The van der Waals surface area contributed by atoms with Crippen molar-refractivity contribution >= 4 is 5.69 Å². The number of aryl methyl sites for hydroxylation is 1. The highest BCUT2D eigenvalue weighted by molar-refractivity contribution is 5.67. The van der Waals surface area contributed by atoms with Crippen molar-refractivity contribution in [1.82, 2.24) is 9.97 Å². The molecule has 2 heterocycles. The van der Waals surface area contributed by atoms with Crippen LogP contribution in [-0.4, -0.2) is 9.97 Å². The second kappa shape index (κ2) is 2.90. The Morgan fingerprint density at radius 3 is 2.85 bits per heavy atom. The zero-order chi connectivity index (χ0) is 9.26. The first-order chi connectivity index (χ1) is 6.27. The van der Waals surface area contributed by atoms with E-state index in [1.165, 1.54) is 0 Å². The van der Waals surface area contributed by atoms with Gasteiger partial charge >= 0.3 is 0 Å². The predicted octanol–water partition coefficient (Wildman–Crippen LogP) is 1.63. The van der Waals surface area contributed by atoms with Crippen molar-refractivity contribution in [3.8, 4) is 11.5 Å². The SMILES string of the molecule is Cc1ncc(-c2ncccc2N)o1. The largest absolute Gasteiger partial charge is 0.439 e. The standard InChI is InChI=1S/C9H9N3O/c1-6-12-5-8(13-6)9-7(10)3-2-4-11-9/h2-5H,10H2,1H3. The van der Waals surface area contributed by atoms with Gasteiger partial charge in [0, 0.05) is 13.1 Å². The van der Waals surface area contributed by atoms with Crippen LogP contribution in [0.5, 0.6) is 0 Å². The van der Waals surface area contributed by atoms with Gasteiger partial charge in [-0.15, -0.1) is 0 Å². The number of rotatable bonds is 1. The fourth-order valence-electron chi connectivity index (χ4n) is 1.09. The summed E-state index contributed by atoms with van der Waals surface area (Å²) in [5.74, 6) is 1.22. The zero-order valence-corrected chi connectivity index (χ0v) is 7.19. The van der Waals surface area contributed by atoms with E-state index in [4.69, 9.17) is 10.2 Å². The molecule has 4 heteroatoms. The molecule has 0 atom stereocenters. The summed E-state index contributed by atoms with van der Waals surface area (Å²) in [4.78, 5) is 8.07. The molecule has 0 fully saturated rings. The maximum atomic E-state index is 5.71. The first kappa shape index (κ1) is 7.79. The molecule has 0 aliphatic carbocycles. The van der Waals surface area contributed by atoms with Gasteiger partial charge in [-0.3, -0.25) is 4.98 Å². The molecule has 0 saturated heterocycles. The first-order valence-electron chi connectivity index (χ1n) is 3.90. The number of aromatic nitrogens is 2. The molecule has 4 nitrogen and oxygen atoms in total. The number of nitrogens with zero attached hydrogens (tertiary/aromatic N) is 2. The van der Waals surface area contributed by atoms with E-state index in [0.717, 1.165) is 0 Å². The third-order valence-corrected chi connectivity index (χ3v) is 1.69. The third-order valence-electron chi connectivity index (χ3n) is 1.69. The van der Waals surface area contributed by atoms with Crippen LogP contribution in [0, 0.1) is 6.92 Å². The highest BCUT2D eigenvalue weighted by Gasteiger charge is 2.07. The van der Waals surface area contributed by atoms with Crippen LogP contribution in [0.15, 0.2) is 28.9 Å². The lowest BCUT2D eigenvalue weighted by Crippen LogP contribution is -1.90. The van der Waals surface area contributed by atoms with Crippen LogP contribution in [-0.2, 0) is 0 Å². The van der Waals surface area contributed by atoms with Crippen molar-refractivity contribution in [2.75, 3.05) is 5.73 Å². The molecular weight excluding hydrogens is 166 g/mol. The molecule has 2 rings (SSSR count). The molecule has 0 aliphatic rings. The Hall–Kier alpha value is -1.84. The number of nitrogens with two attached hydrogens (primary N) is 1. The molecule has 13 heavy (non-hydrogen) atoms. The predicted molar refractivity (Wildman–Crippen MR) is 48.9 cm³/mol. The van der Waals surface area contributed by atoms with Gasteiger partial charge in [0.1, 0.15) is 5.69 Å². The van der Waals surface area contributed by atoms with E-state index in [1.807, 2.05) is 0 Å². The van der Waals surface area contributed by atoms with Gasteiger partial charge < -0.3 is 10.2 Å². The maximum Gasteiger partial charge on any atom is 0.191 e. The Bertz CT molecular complexity index is 422.